The molecule has 5 rings (SSSR count). The lowest BCUT2D eigenvalue weighted by atomic mass is 10.1. The van der Waals surface area contributed by atoms with Crippen LogP contribution in [0.5, 0.6) is 11.5 Å². The monoisotopic (exact) mass is 367 g/mol. The first-order valence-corrected chi connectivity index (χ1v) is 8.99. The summed E-state index contributed by atoms with van der Waals surface area (Å²) in [7, 11) is 0. The second-order valence-corrected chi connectivity index (χ2v) is 6.51. The molecule has 0 radical (unpaired) electrons. The fraction of sp³-hybridized carbons (Fsp3) is 0.0455. The lowest BCUT2D eigenvalue weighted by Crippen LogP contribution is -1.90. The summed E-state index contributed by atoms with van der Waals surface area (Å²) >= 11 is 0. The third-order valence-corrected chi connectivity index (χ3v) is 4.48. The van der Waals surface area contributed by atoms with Crippen LogP contribution in [0.4, 0.5) is 0 Å². The van der Waals surface area contributed by atoms with Gasteiger partial charge in [-0.2, -0.15) is 5.10 Å². The van der Waals surface area contributed by atoms with Crippen LogP contribution in [0.15, 0.2) is 79.3 Å². The van der Waals surface area contributed by atoms with Crippen molar-refractivity contribution in [1.29, 1.82) is 0 Å². The molecule has 0 aliphatic heterocycles. The zero-order valence-corrected chi connectivity index (χ0v) is 15.0. The van der Waals surface area contributed by atoms with Gasteiger partial charge in [0.1, 0.15) is 17.3 Å². The number of hydrogen-bond acceptors (Lipinski definition) is 4. The molecule has 5 aromatic rings. The van der Waals surface area contributed by atoms with Crippen LogP contribution in [0.2, 0.25) is 0 Å². The molecular formula is C22H17N5O. The highest BCUT2D eigenvalue weighted by molar-refractivity contribution is 5.80. The number of rotatable bonds is 5. The minimum Gasteiger partial charge on any atom is -0.456 e. The molecule has 6 nitrogen and oxygen atoms in total. The topological polar surface area (TPSA) is 79.5 Å². The van der Waals surface area contributed by atoms with Gasteiger partial charge in [0.15, 0.2) is 5.82 Å². The molecule has 136 valence electrons. The molecule has 3 heterocycles. The number of fused-ring (bicyclic) bond motifs is 1. The van der Waals surface area contributed by atoms with E-state index in [2.05, 4.69) is 37.3 Å². The zero-order valence-electron chi connectivity index (χ0n) is 15.0. The van der Waals surface area contributed by atoms with Crippen molar-refractivity contribution in [3.63, 3.8) is 0 Å². The van der Waals surface area contributed by atoms with Gasteiger partial charge in [-0.1, -0.05) is 30.3 Å². The van der Waals surface area contributed by atoms with E-state index in [1.807, 2.05) is 54.7 Å². The second-order valence-electron chi connectivity index (χ2n) is 6.51. The van der Waals surface area contributed by atoms with Gasteiger partial charge in [-0.25, -0.2) is 4.98 Å². The maximum Gasteiger partial charge on any atom is 0.182 e. The molecule has 0 aliphatic carbocycles. The smallest absolute Gasteiger partial charge is 0.182 e. The van der Waals surface area contributed by atoms with Crippen molar-refractivity contribution in [2.75, 3.05) is 0 Å². The third kappa shape index (κ3) is 3.35. The number of nitrogens with zero attached hydrogens (tertiary/aromatic N) is 3. The highest BCUT2D eigenvalue weighted by Crippen LogP contribution is 2.27. The highest BCUT2D eigenvalue weighted by Gasteiger charge is 2.09. The van der Waals surface area contributed by atoms with Crippen molar-refractivity contribution in [1.82, 2.24) is 25.1 Å². The molecule has 28 heavy (non-hydrogen) atoms. The van der Waals surface area contributed by atoms with E-state index in [9.17, 15) is 0 Å². The van der Waals surface area contributed by atoms with E-state index in [1.165, 1.54) is 5.56 Å². The molecule has 0 spiro atoms. The molecule has 0 saturated heterocycles. The minimum absolute atomic E-state index is 0.602. The molecular weight excluding hydrogens is 350 g/mol. The first kappa shape index (κ1) is 16.3. The van der Waals surface area contributed by atoms with E-state index in [4.69, 9.17) is 4.74 Å². The van der Waals surface area contributed by atoms with Gasteiger partial charge in [-0.15, -0.1) is 0 Å². The number of aromatic nitrogens is 5. The van der Waals surface area contributed by atoms with Crippen molar-refractivity contribution in [3.05, 3.63) is 90.6 Å². The van der Waals surface area contributed by atoms with Gasteiger partial charge in [0.2, 0.25) is 0 Å². The van der Waals surface area contributed by atoms with Gasteiger partial charge < -0.3 is 9.72 Å². The number of pyridine rings is 1. The summed E-state index contributed by atoms with van der Waals surface area (Å²) in [4.78, 5) is 12.0. The van der Waals surface area contributed by atoms with E-state index in [0.29, 0.717) is 18.0 Å². The number of benzene rings is 2. The van der Waals surface area contributed by atoms with E-state index >= 15 is 0 Å². The molecule has 0 fully saturated rings. The summed E-state index contributed by atoms with van der Waals surface area (Å²) in [5.74, 6) is 2.81. The van der Waals surface area contributed by atoms with Gasteiger partial charge in [-0.3, -0.25) is 10.1 Å². The van der Waals surface area contributed by atoms with E-state index < -0.39 is 0 Å². The van der Waals surface area contributed by atoms with E-state index in [1.54, 1.807) is 12.4 Å². The molecule has 2 aromatic carbocycles. The van der Waals surface area contributed by atoms with Crippen molar-refractivity contribution in [3.8, 4) is 22.9 Å². The fourth-order valence-electron chi connectivity index (χ4n) is 3.12. The normalized spacial score (nSPS) is 11.0. The van der Waals surface area contributed by atoms with Crippen LogP contribution in [-0.2, 0) is 6.42 Å². The Bertz CT molecular complexity index is 1230. The van der Waals surface area contributed by atoms with Crippen LogP contribution in [-0.4, -0.2) is 25.1 Å². The number of nitrogens with one attached hydrogen (secondary N) is 2. The molecule has 0 saturated carbocycles. The van der Waals surface area contributed by atoms with Crippen molar-refractivity contribution >= 4 is 10.9 Å². The molecule has 6 heteroatoms. The van der Waals surface area contributed by atoms with Gasteiger partial charge in [0.05, 0.1) is 6.20 Å². The lowest BCUT2D eigenvalue weighted by molar-refractivity contribution is 0.481. The molecule has 3 aromatic heterocycles. The first-order chi connectivity index (χ1) is 13.8. The summed E-state index contributed by atoms with van der Waals surface area (Å²) in [5, 5.41) is 8.43. The fourth-order valence-corrected chi connectivity index (χ4v) is 3.12. The van der Waals surface area contributed by atoms with Crippen LogP contribution in [0.1, 0.15) is 11.4 Å². The largest absolute Gasteiger partial charge is 0.456 e. The Morgan fingerprint density at radius 3 is 2.75 bits per heavy atom. The zero-order chi connectivity index (χ0) is 18.8. The van der Waals surface area contributed by atoms with Crippen molar-refractivity contribution < 1.29 is 4.74 Å². The maximum absolute atomic E-state index is 5.98. The second kappa shape index (κ2) is 7.00. The van der Waals surface area contributed by atoms with Crippen LogP contribution < -0.4 is 4.74 Å². The van der Waals surface area contributed by atoms with Gasteiger partial charge >= 0.3 is 0 Å². The Labute approximate surface area is 161 Å². The van der Waals surface area contributed by atoms with Gasteiger partial charge in [0, 0.05) is 35.3 Å². The summed E-state index contributed by atoms with van der Waals surface area (Å²) in [6, 6.07) is 20.0. The average molecular weight is 367 g/mol. The van der Waals surface area contributed by atoms with Crippen LogP contribution in [0.3, 0.4) is 0 Å². The van der Waals surface area contributed by atoms with Crippen LogP contribution >= 0.6 is 0 Å². The maximum atomic E-state index is 5.98. The molecule has 0 bridgehead atoms. The number of aromatic amines is 2. The molecule has 0 amide bonds. The quantitative estimate of drug-likeness (QED) is 0.471. The Hall–Kier alpha value is -3.93. The third-order valence-electron chi connectivity index (χ3n) is 4.48. The van der Waals surface area contributed by atoms with Crippen molar-refractivity contribution in [2.24, 2.45) is 0 Å². The Morgan fingerprint density at radius 1 is 0.893 bits per heavy atom. The number of H-pyrrole nitrogens is 2. The Balaban J connectivity index is 1.36. The van der Waals surface area contributed by atoms with Crippen LogP contribution in [0, 0.1) is 0 Å². The average Bonchev–Trinajstić information content (AvgIpc) is 3.38. The Kier molecular flexibility index (Phi) is 4.06. The van der Waals surface area contributed by atoms with E-state index in [0.717, 1.165) is 28.0 Å². The minimum atomic E-state index is 0.602. The summed E-state index contributed by atoms with van der Waals surface area (Å²) in [6.07, 6.45) is 6.03. The molecule has 0 atom stereocenters. The van der Waals surface area contributed by atoms with E-state index in [-0.39, 0.29) is 0 Å². The predicted octanol–water partition coefficient (Wildman–Crippen LogP) is 4.73. The SMILES string of the molecule is c1ccc(Cc2nc(-c3cncc(Oc4ccc5[nH]ccc5c4)c3)n[nH]2)cc1. The Morgan fingerprint density at radius 2 is 1.82 bits per heavy atom. The summed E-state index contributed by atoms with van der Waals surface area (Å²) in [5.41, 5.74) is 3.06. The van der Waals surface area contributed by atoms with Crippen LogP contribution in [0.25, 0.3) is 22.3 Å². The summed E-state index contributed by atoms with van der Waals surface area (Å²) < 4.78 is 5.98. The summed E-state index contributed by atoms with van der Waals surface area (Å²) in [6.45, 7) is 0. The predicted molar refractivity (Wildman–Crippen MR) is 107 cm³/mol. The molecule has 0 unspecified atom stereocenters. The highest BCUT2D eigenvalue weighted by atomic mass is 16.5. The van der Waals surface area contributed by atoms with Gasteiger partial charge in [0.25, 0.3) is 0 Å². The lowest BCUT2D eigenvalue weighted by Gasteiger charge is -2.06. The molecule has 0 aliphatic rings. The van der Waals surface area contributed by atoms with Crippen molar-refractivity contribution in [2.45, 2.75) is 6.42 Å². The molecule has 2 N–H and O–H groups in total. The van der Waals surface area contributed by atoms with Gasteiger partial charge in [-0.05, 0) is 35.9 Å². The number of hydrogen-bond donors (Lipinski definition) is 2. The first-order valence-electron chi connectivity index (χ1n) is 8.99. The standard InChI is InChI=1S/C22H17N5O/c1-2-4-15(5-3-1)10-21-25-22(27-26-21)17-12-19(14-23-13-17)28-18-6-7-20-16(11-18)8-9-24-20/h1-9,11-14,24H,10H2,(H,25,26,27). The number of ether oxygens (including phenoxy) is 1.